The van der Waals surface area contributed by atoms with Gasteiger partial charge in [-0.3, -0.25) is 10.1 Å². The van der Waals surface area contributed by atoms with E-state index < -0.39 is 15.9 Å². The Labute approximate surface area is 166 Å². The molecule has 1 amide bonds. The van der Waals surface area contributed by atoms with Crippen LogP contribution in [0.5, 0.6) is 0 Å². The van der Waals surface area contributed by atoms with Gasteiger partial charge < -0.3 is 4.42 Å². The van der Waals surface area contributed by atoms with Crippen LogP contribution in [0.1, 0.15) is 29.6 Å². The van der Waals surface area contributed by atoms with E-state index in [0.29, 0.717) is 24.5 Å². The first-order chi connectivity index (χ1) is 13.5. The molecule has 0 bridgehead atoms. The Morgan fingerprint density at radius 1 is 1.07 bits per heavy atom. The van der Waals surface area contributed by atoms with Crippen LogP contribution >= 0.6 is 11.3 Å². The van der Waals surface area contributed by atoms with Crippen molar-refractivity contribution in [2.45, 2.75) is 24.2 Å². The summed E-state index contributed by atoms with van der Waals surface area (Å²) in [5, 5.41) is 14.0. The highest BCUT2D eigenvalue weighted by Crippen LogP contribution is 2.23. The number of nitrogens with one attached hydrogen (secondary N) is 1. The molecule has 0 aliphatic carbocycles. The van der Waals surface area contributed by atoms with Crippen LogP contribution in [0.25, 0.3) is 11.5 Å². The zero-order valence-electron chi connectivity index (χ0n) is 14.9. The summed E-state index contributed by atoms with van der Waals surface area (Å²) < 4.78 is 32.3. The van der Waals surface area contributed by atoms with E-state index in [1.807, 2.05) is 16.8 Å². The Morgan fingerprint density at radius 2 is 1.82 bits per heavy atom. The minimum absolute atomic E-state index is 0.0174. The Hall–Kier alpha value is -2.56. The van der Waals surface area contributed by atoms with E-state index in [9.17, 15) is 13.2 Å². The van der Waals surface area contributed by atoms with Crippen molar-refractivity contribution in [1.82, 2.24) is 14.5 Å². The highest BCUT2D eigenvalue weighted by Gasteiger charge is 2.26. The molecule has 1 N–H and O–H groups in total. The van der Waals surface area contributed by atoms with Crippen molar-refractivity contribution >= 4 is 33.3 Å². The molecule has 2 aromatic heterocycles. The fraction of sp³-hybridized carbons (Fsp3) is 0.278. The van der Waals surface area contributed by atoms with Crippen LogP contribution in [-0.4, -0.2) is 41.9 Å². The maximum absolute atomic E-state index is 12.7. The second-order valence-electron chi connectivity index (χ2n) is 6.37. The number of anilines is 1. The smallest absolute Gasteiger partial charge is 0.322 e. The molecule has 3 aromatic rings. The number of hydrogen-bond donors (Lipinski definition) is 1. The van der Waals surface area contributed by atoms with Gasteiger partial charge in [0.25, 0.3) is 11.8 Å². The van der Waals surface area contributed by atoms with Crippen LogP contribution in [-0.2, 0) is 10.0 Å². The Balaban J connectivity index is 1.45. The average molecular weight is 419 g/mol. The highest BCUT2D eigenvalue weighted by atomic mass is 32.2. The molecule has 0 spiro atoms. The largest absolute Gasteiger partial charge is 0.403 e. The maximum atomic E-state index is 12.7. The lowest BCUT2D eigenvalue weighted by atomic mass is 10.2. The number of carbonyl (C=O) groups is 1. The van der Waals surface area contributed by atoms with Gasteiger partial charge >= 0.3 is 6.01 Å². The van der Waals surface area contributed by atoms with Crippen molar-refractivity contribution in [3.05, 3.63) is 46.7 Å². The molecule has 0 unspecified atom stereocenters. The van der Waals surface area contributed by atoms with Crippen LogP contribution in [0.2, 0.25) is 0 Å². The number of aromatic nitrogens is 2. The van der Waals surface area contributed by atoms with E-state index in [4.69, 9.17) is 4.42 Å². The van der Waals surface area contributed by atoms with E-state index in [-0.39, 0.29) is 10.9 Å². The second kappa shape index (κ2) is 7.82. The van der Waals surface area contributed by atoms with Crippen molar-refractivity contribution < 1.29 is 17.6 Å². The molecule has 10 heteroatoms. The van der Waals surface area contributed by atoms with Gasteiger partial charge in [-0.1, -0.05) is 11.5 Å². The van der Waals surface area contributed by atoms with Gasteiger partial charge in [-0.25, -0.2) is 8.42 Å². The summed E-state index contributed by atoms with van der Waals surface area (Å²) in [5.74, 6) is -0.137. The summed E-state index contributed by atoms with van der Waals surface area (Å²) in [4.78, 5) is 12.6. The number of sulfonamides is 1. The normalized spacial score (nSPS) is 15.4. The van der Waals surface area contributed by atoms with Gasteiger partial charge in [0.1, 0.15) is 0 Å². The first kappa shape index (κ1) is 18.8. The van der Waals surface area contributed by atoms with Crippen molar-refractivity contribution in [2.75, 3.05) is 18.4 Å². The minimum atomic E-state index is -3.52. The van der Waals surface area contributed by atoms with Gasteiger partial charge in [-0.15, -0.1) is 5.10 Å². The molecular formula is C18H18N4O4S2. The van der Waals surface area contributed by atoms with Crippen molar-refractivity contribution in [3.8, 4) is 11.5 Å². The van der Waals surface area contributed by atoms with Crippen LogP contribution in [0.3, 0.4) is 0 Å². The van der Waals surface area contributed by atoms with Crippen LogP contribution < -0.4 is 5.32 Å². The van der Waals surface area contributed by atoms with Crippen LogP contribution in [0, 0.1) is 0 Å². The molecule has 3 heterocycles. The van der Waals surface area contributed by atoms with Crippen LogP contribution in [0.4, 0.5) is 6.01 Å². The third-order valence-corrected chi connectivity index (χ3v) is 7.08. The lowest BCUT2D eigenvalue weighted by Crippen LogP contribution is -2.35. The fourth-order valence-electron chi connectivity index (χ4n) is 2.98. The van der Waals surface area contributed by atoms with E-state index >= 15 is 0 Å². The maximum Gasteiger partial charge on any atom is 0.322 e. The topological polar surface area (TPSA) is 105 Å². The number of hydrogen-bond acceptors (Lipinski definition) is 7. The predicted octanol–water partition coefficient (Wildman–Crippen LogP) is 3.23. The van der Waals surface area contributed by atoms with Gasteiger partial charge in [0.05, 0.1) is 4.90 Å². The van der Waals surface area contributed by atoms with Crippen molar-refractivity contribution in [2.24, 2.45) is 0 Å². The standard InChI is InChI=1S/C18H18N4O4S2/c23-16(19-18-21-20-17(26-18)14-8-11-27-12-14)13-4-6-15(7-5-13)28(24,25)22-9-2-1-3-10-22/h4-8,11-12H,1-3,9-10H2,(H,19,21,23). The van der Waals surface area contributed by atoms with Gasteiger partial charge in [0.2, 0.25) is 10.0 Å². The predicted molar refractivity (Wildman–Crippen MR) is 105 cm³/mol. The fourth-order valence-corrected chi connectivity index (χ4v) is 5.13. The molecule has 1 aliphatic rings. The monoisotopic (exact) mass is 418 g/mol. The summed E-state index contributed by atoms with van der Waals surface area (Å²) in [6.07, 6.45) is 2.80. The third-order valence-electron chi connectivity index (χ3n) is 4.48. The Kier molecular flexibility index (Phi) is 5.25. The van der Waals surface area contributed by atoms with Crippen molar-refractivity contribution in [3.63, 3.8) is 0 Å². The molecule has 146 valence electrons. The van der Waals surface area contributed by atoms with Gasteiger partial charge in [0, 0.05) is 29.6 Å². The zero-order chi connectivity index (χ0) is 19.6. The van der Waals surface area contributed by atoms with Gasteiger partial charge in [-0.05, 0) is 48.6 Å². The van der Waals surface area contributed by atoms with Gasteiger partial charge in [0.15, 0.2) is 0 Å². The molecular weight excluding hydrogens is 400 g/mol. The lowest BCUT2D eigenvalue weighted by molar-refractivity contribution is 0.102. The molecule has 0 radical (unpaired) electrons. The molecule has 4 rings (SSSR count). The van der Waals surface area contributed by atoms with E-state index in [0.717, 1.165) is 24.8 Å². The number of piperidine rings is 1. The molecule has 0 saturated carbocycles. The molecule has 1 aliphatic heterocycles. The minimum Gasteiger partial charge on any atom is -0.403 e. The summed E-state index contributed by atoms with van der Waals surface area (Å²) in [6, 6.07) is 7.67. The second-order valence-corrected chi connectivity index (χ2v) is 9.09. The molecule has 8 nitrogen and oxygen atoms in total. The summed E-state index contributed by atoms with van der Waals surface area (Å²) in [7, 11) is -3.52. The number of benzene rings is 1. The Bertz CT molecular complexity index is 1050. The first-order valence-electron chi connectivity index (χ1n) is 8.82. The quantitative estimate of drug-likeness (QED) is 0.682. The number of amides is 1. The van der Waals surface area contributed by atoms with Gasteiger partial charge in [-0.2, -0.15) is 15.6 Å². The van der Waals surface area contributed by atoms with Crippen molar-refractivity contribution in [1.29, 1.82) is 0 Å². The highest BCUT2D eigenvalue weighted by molar-refractivity contribution is 7.89. The van der Waals surface area contributed by atoms with E-state index in [1.54, 1.807) is 0 Å². The van der Waals surface area contributed by atoms with E-state index in [1.165, 1.54) is 39.9 Å². The van der Waals surface area contributed by atoms with Crippen LogP contribution in [0.15, 0.2) is 50.4 Å². The Morgan fingerprint density at radius 3 is 2.50 bits per heavy atom. The first-order valence-corrected chi connectivity index (χ1v) is 11.2. The summed E-state index contributed by atoms with van der Waals surface area (Å²) >= 11 is 1.50. The molecule has 1 saturated heterocycles. The number of nitrogens with zero attached hydrogens (tertiary/aromatic N) is 3. The third kappa shape index (κ3) is 3.84. The molecule has 28 heavy (non-hydrogen) atoms. The lowest BCUT2D eigenvalue weighted by Gasteiger charge is -2.25. The zero-order valence-corrected chi connectivity index (χ0v) is 16.5. The van der Waals surface area contributed by atoms with E-state index in [2.05, 4.69) is 15.5 Å². The summed E-state index contributed by atoms with van der Waals surface area (Å²) in [6.45, 7) is 1.07. The number of carbonyl (C=O) groups excluding carboxylic acids is 1. The SMILES string of the molecule is O=C(Nc1nnc(-c2ccsc2)o1)c1ccc(S(=O)(=O)N2CCCCC2)cc1. The molecule has 1 fully saturated rings. The number of thiophene rings is 1. The molecule has 0 atom stereocenters. The number of rotatable bonds is 5. The molecule has 1 aromatic carbocycles. The summed E-state index contributed by atoms with van der Waals surface area (Å²) in [5.41, 5.74) is 1.08. The average Bonchev–Trinajstić information content (AvgIpc) is 3.40.